The van der Waals surface area contributed by atoms with Crippen LogP contribution in [0.15, 0.2) is 0 Å². The molecular weight excluding hydrogens is 1330 g/mol. The monoisotopic (exact) mass is 1440 g/mol. The number of carbonyl (C=O) groups is 6. The average Bonchev–Trinajstić information content (AvgIpc) is 0.752. The first kappa shape index (κ1) is 87.3. The minimum atomic E-state index is -1.96. The van der Waals surface area contributed by atoms with E-state index in [-0.39, 0.29) is 88.5 Å². The second-order valence-corrected chi connectivity index (χ2v) is 24.7. The van der Waals surface area contributed by atoms with E-state index < -0.39 is 198 Å². The maximum atomic E-state index is 13.5. The number of ketones is 1. The van der Waals surface area contributed by atoms with Crippen LogP contribution in [0.3, 0.4) is 0 Å². The minimum Gasteiger partial charge on any atom is -0.394 e. The topological polar surface area (TPSA) is 599 Å². The molecule has 0 unspecified atom stereocenters. The lowest BCUT2D eigenvalue weighted by Gasteiger charge is -2.46. The van der Waals surface area contributed by atoms with Gasteiger partial charge in [0.25, 0.3) is 0 Å². The summed E-state index contributed by atoms with van der Waals surface area (Å²) in [6, 6.07) is -1.05. The van der Waals surface area contributed by atoms with E-state index in [9.17, 15) is 110 Å². The van der Waals surface area contributed by atoms with Crippen molar-refractivity contribution in [2.75, 3.05) is 72.4 Å². The molecular formula is C61H109N5O33. The molecule has 5 rings (SSSR count). The maximum Gasteiger partial charge on any atom is 0.242 e. The highest BCUT2D eigenvalue weighted by atomic mass is 16.8. The third kappa shape index (κ3) is 28.2. The van der Waals surface area contributed by atoms with Crippen LogP contribution >= 0.6 is 0 Å². The number of hydrogen-bond donors (Lipinski definition) is 22. The van der Waals surface area contributed by atoms with Gasteiger partial charge in [0, 0.05) is 64.7 Å². The summed E-state index contributed by atoms with van der Waals surface area (Å²) in [5.41, 5.74) is 0. The summed E-state index contributed by atoms with van der Waals surface area (Å²) in [5.74, 6) is -1.52. The van der Waals surface area contributed by atoms with Gasteiger partial charge in [-0.05, 0) is 65.7 Å². The molecule has 5 fully saturated rings. The second kappa shape index (κ2) is 45.9. The highest BCUT2D eigenvalue weighted by Crippen LogP contribution is 2.32. The molecule has 22 N–H and O–H groups in total. The van der Waals surface area contributed by atoms with E-state index in [0.717, 1.165) is 0 Å². The number of ether oxygens (including phenoxy) is 10. The van der Waals surface area contributed by atoms with Gasteiger partial charge in [0.2, 0.25) is 29.5 Å². The van der Waals surface area contributed by atoms with Crippen molar-refractivity contribution in [3.8, 4) is 0 Å². The van der Waals surface area contributed by atoms with Gasteiger partial charge in [-0.25, -0.2) is 0 Å². The van der Waals surface area contributed by atoms with Crippen LogP contribution in [-0.2, 0) is 76.1 Å². The number of rotatable bonds is 41. The van der Waals surface area contributed by atoms with Gasteiger partial charge in [-0.15, -0.1) is 0 Å². The predicted octanol–water partition coefficient (Wildman–Crippen LogP) is -9.49. The van der Waals surface area contributed by atoms with Gasteiger partial charge in [-0.1, -0.05) is 12.8 Å². The lowest BCUT2D eigenvalue weighted by Crippen LogP contribution is -2.65. The summed E-state index contributed by atoms with van der Waals surface area (Å²) < 4.78 is 54.9. The molecule has 0 aromatic rings. The third-order valence-electron chi connectivity index (χ3n) is 16.9. The molecule has 5 heterocycles. The number of unbranched alkanes of at least 4 members (excludes halogenated alkanes) is 4. The molecule has 5 amide bonds. The van der Waals surface area contributed by atoms with Crippen molar-refractivity contribution in [2.45, 2.75) is 277 Å². The zero-order valence-electron chi connectivity index (χ0n) is 56.0. The number of aliphatic hydroxyl groups is 17. The van der Waals surface area contributed by atoms with Gasteiger partial charge in [0.15, 0.2) is 31.5 Å². The first-order chi connectivity index (χ1) is 47.1. The molecule has 0 saturated carbocycles. The summed E-state index contributed by atoms with van der Waals surface area (Å²) in [6.45, 7) is 2.89. The Kier molecular flexibility index (Phi) is 40.5. The first-order valence-corrected chi connectivity index (χ1v) is 33.8. The fourth-order valence-corrected chi connectivity index (χ4v) is 11.0. The molecule has 0 radical (unpaired) electrons. The summed E-state index contributed by atoms with van der Waals surface area (Å²) >= 11 is 0. The summed E-state index contributed by atoms with van der Waals surface area (Å²) in [6.07, 6.45) is -33.5. The van der Waals surface area contributed by atoms with Gasteiger partial charge >= 0.3 is 0 Å². The number of Topliss-reactive ketones (excluding diaryl/α,β-unsaturated/α-hetero) is 1. The Balaban J connectivity index is 0.000000669. The lowest BCUT2D eigenvalue weighted by molar-refractivity contribution is -0.366. The van der Waals surface area contributed by atoms with Gasteiger partial charge < -0.3 is 161 Å². The quantitative estimate of drug-likeness (QED) is 0.0253. The van der Waals surface area contributed by atoms with Crippen molar-refractivity contribution in [1.29, 1.82) is 0 Å². The van der Waals surface area contributed by atoms with Crippen LogP contribution in [-0.4, -0.2) is 354 Å². The smallest absolute Gasteiger partial charge is 0.242 e. The van der Waals surface area contributed by atoms with Gasteiger partial charge in [-0.3, -0.25) is 28.8 Å². The Morgan fingerprint density at radius 1 is 0.374 bits per heavy atom. The van der Waals surface area contributed by atoms with Crippen LogP contribution in [0.5, 0.6) is 0 Å². The summed E-state index contributed by atoms with van der Waals surface area (Å²) in [7, 11) is 0. The first-order valence-electron chi connectivity index (χ1n) is 33.8. The highest BCUT2D eigenvalue weighted by Gasteiger charge is 2.53. The van der Waals surface area contributed by atoms with Crippen LogP contribution in [0.25, 0.3) is 0 Å². The predicted molar refractivity (Wildman–Crippen MR) is 333 cm³/mol. The zero-order valence-corrected chi connectivity index (χ0v) is 56.0. The van der Waals surface area contributed by atoms with Crippen molar-refractivity contribution in [3.05, 3.63) is 0 Å². The molecule has 5 aliphatic heterocycles. The molecule has 0 bridgehead atoms. The minimum absolute atomic E-state index is 0.00659. The summed E-state index contributed by atoms with van der Waals surface area (Å²) in [4.78, 5) is 74.0. The van der Waals surface area contributed by atoms with Crippen LogP contribution in [0.4, 0.5) is 0 Å². The molecule has 38 heteroatoms. The van der Waals surface area contributed by atoms with E-state index in [0.29, 0.717) is 77.3 Å². The van der Waals surface area contributed by atoms with E-state index >= 15 is 0 Å². The highest BCUT2D eigenvalue weighted by molar-refractivity contribution is 5.87. The van der Waals surface area contributed by atoms with E-state index in [2.05, 4.69) is 26.6 Å². The number of nitrogens with one attached hydrogen (secondary N) is 5. The molecule has 5 saturated heterocycles. The molecule has 0 aromatic carbocycles. The molecule has 576 valence electrons. The van der Waals surface area contributed by atoms with Crippen LogP contribution in [0.1, 0.15) is 117 Å². The second-order valence-electron chi connectivity index (χ2n) is 24.7. The lowest BCUT2D eigenvalue weighted by atomic mass is 9.96. The Morgan fingerprint density at radius 3 is 1.28 bits per heavy atom. The standard InChI is InChI=1S/C44H78N4O25.C17H31NO8/c1-3-45-25(51)10-6-4-5-9-21(48-27(53)12-8-7-11-26(52)46-13-15-66-41-35(61)32(58)28(54)20(2)69-41)40(65)47-14-16-67-43-38(64)39(73-44-37(63)34(60)30(56)23(18-50)71-44)31(57)24(72-43)19-68-42-36(62)33(59)29(55)22(17-49)70-42;1-2-18-13(21)8-4-3-6-11(20)7-5-9-25-17-16(24)15(23)14(22)12(10-19)26-17/h20-24,28-39,41-44,49-50,54-64H,3-19H2,1-2H3,(H,45,51)(H,46,52)(H,47,65)(H,48,53);12,14-17,19,22-24H,2-10H2,1H3,(H,18,21)/t20-,21-,22+,23+,24+,28+,29+,30+,31+,32+,33-,34-,35-,36-,37-,38-,39-,41+,42-,43-,44+;12-,14-,15+,16+,17+/m01/s1. The van der Waals surface area contributed by atoms with Crippen molar-refractivity contribution in [2.24, 2.45) is 0 Å². The Morgan fingerprint density at radius 2 is 0.768 bits per heavy atom. The Labute approximate surface area is 572 Å². The van der Waals surface area contributed by atoms with Crippen LogP contribution in [0, 0.1) is 0 Å². The van der Waals surface area contributed by atoms with Gasteiger partial charge in [0.05, 0.1) is 52.4 Å². The zero-order chi connectivity index (χ0) is 73.5. The Bertz CT molecular complexity index is 2340. The van der Waals surface area contributed by atoms with Crippen LogP contribution in [0.2, 0.25) is 0 Å². The normalized spacial score (nSPS) is 35.0. The SMILES string of the molecule is CCNC(=O)CCCCC(=O)CCCO[C@H]1O[C@H](CO)[C@@H](O)[C@H](O)[C@@H]1O.CCNC(=O)CCCCC[C@H](NC(=O)CCCCC(=O)NCCO[C@@H]1O[C@@H](C)[C@@H](O)[C@@H](O)[C@@H]1O)C(=O)NCCO[C@H]1O[C@H](CO[C@H]2O[C@H](CO)[C@@H](O)[C@H](O)[C@@H]2O)[C@@H](O)[C@H](O[C@H]2O[C@H](CO)[C@@H](O)[C@H](O)[C@@H]2O)[C@@H]1O. The van der Waals surface area contributed by atoms with Gasteiger partial charge in [-0.2, -0.15) is 0 Å². The van der Waals surface area contributed by atoms with Crippen molar-refractivity contribution < 1.29 is 163 Å². The van der Waals surface area contributed by atoms with Crippen molar-refractivity contribution in [3.63, 3.8) is 0 Å². The fourth-order valence-electron chi connectivity index (χ4n) is 11.0. The fraction of sp³-hybridized carbons (Fsp3) is 0.902. The van der Waals surface area contributed by atoms with E-state index in [1.54, 1.807) is 6.92 Å². The van der Waals surface area contributed by atoms with Crippen LogP contribution < -0.4 is 26.6 Å². The average molecular weight is 1440 g/mol. The van der Waals surface area contributed by atoms with E-state index in [4.69, 9.17) is 52.5 Å². The molecule has 5 aliphatic rings. The number of carbonyl (C=O) groups excluding carboxylic acids is 6. The third-order valence-corrected chi connectivity index (χ3v) is 16.9. The number of amides is 5. The number of aliphatic hydroxyl groups excluding tert-OH is 17. The molecule has 0 aliphatic carbocycles. The van der Waals surface area contributed by atoms with Gasteiger partial charge in [0.1, 0.15) is 128 Å². The largest absolute Gasteiger partial charge is 0.394 e. The van der Waals surface area contributed by atoms with Crippen molar-refractivity contribution in [1.82, 2.24) is 26.6 Å². The number of hydrogen-bond acceptors (Lipinski definition) is 33. The molecule has 26 atom stereocenters. The molecule has 38 nitrogen and oxygen atoms in total. The summed E-state index contributed by atoms with van der Waals surface area (Å²) in [5, 5.41) is 186. The van der Waals surface area contributed by atoms with Crippen molar-refractivity contribution >= 4 is 35.3 Å². The molecule has 0 spiro atoms. The maximum absolute atomic E-state index is 13.5. The Hall–Kier alpha value is -4.06. The van der Waals surface area contributed by atoms with E-state index in [1.807, 2.05) is 6.92 Å². The van der Waals surface area contributed by atoms with E-state index in [1.165, 1.54) is 6.92 Å². The molecule has 99 heavy (non-hydrogen) atoms. The molecule has 0 aromatic heterocycles.